The molecule has 2 aromatic rings. The molecule has 2 N–H and O–H groups in total. The van der Waals surface area contributed by atoms with E-state index < -0.39 is 18.4 Å². The molecule has 35 heavy (non-hydrogen) atoms. The van der Waals surface area contributed by atoms with Crippen LogP contribution in [0.1, 0.15) is 41.1 Å². The van der Waals surface area contributed by atoms with E-state index in [9.17, 15) is 18.8 Å². The number of rotatable bonds is 9. The molecule has 2 saturated heterocycles. The Morgan fingerprint density at radius 3 is 2.69 bits per heavy atom. The Morgan fingerprint density at radius 1 is 1.17 bits per heavy atom. The molecule has 0 aliphatic carbocycles. The number of halogens is 1. The zero-order chi connectivity index (χ0) is 24.8. The van der Waals surface area contributed by atoms with E-state index in [1.54, 1.807) is 37.4 Å². The van der Waals surface area contributed by atoms with Crippen molar-refractivity contribution in [3.05, 3.63) is 59.7 Å². The minimum atomic E-state index is -1.03. The number of carbonyl (C=O) groups excluding carboxylic acids is 3. The van der Waals surface area contributed by atoms with Crippen LogP contribution in [0.3, 0.4) is 0 Å². The van der Waals surface area contributed by atoms with Gasteiger partial charge in [0.05, 0.1) is 25.9 Å². The van der Waals surface area contributed by atoms with Crippen LogP contribution in [0.2, 0.25) is 0 Å². The largest absolute Gasteiger partial charge is 0.497 e. The first kappa shape index (κ1) is 24.7. The van der Waals surface area contributed by atoms with Gasteiger partial charge in [-0.2, -0.15) is 0 Å². The van der Waals surface area contributed by atoms with Gasteiger partial charge in [-0.15, -0.1) is 0 Å². The Labute approximate surface area is 203 Å². The molecular formula is C26H30FN3O5. The fourth-order valence-electron chi connectivity index (χ4n) is 4.51. The van der Waals surface area contributed by atoms with Gasteiger partial charge in [-0.1, -0.05) is 18.2 Å². The summed E-state index contributed by atoms with van der Waals surface area (Å²) in [6.45, 7) is 1.40. The molecule has 2 aliphatic heterocycles. The van der Waals surface area contributed by atoms with Gasteiger partial charge in [-0.3, -0.25) is 14.5 Å². The van der Waals surface area contributed by atoms with E-state index in [4.69, 9.17) is 9.47 Å². The van der Waals surface area contributed by atoms with Crippen molar-refractivity contribution in [3.8, 4) is 5.75 Å². The molecular weight excluding hydrogens is 453 g/mol. The molecule has 2 aliphatic rings. The van der Waals surface area contributed by atoms with E-state index in [1.807, 2.05) is 18.2 Å². The predicted octanol–water partition coefficient (Wildman–Crippen LogP) is 3.21. The van der Waals surface area contributed by atoms with Gasteiger partial charge in [0, 0.05) is 30.9 Å². The number of alkyl halides is 1. The third-order valence-electron chi connectivity index (χ3n) is 6.43. The average Bonchev–Trinajstić information content (AvgIpc) is 3.26. The maximum absolute atomic E-state index is 14.6. The molecule has 2 unspecified atom stereocenters. The van der Waals surface area contributed by atoms with Gasteiger partial charge in [-0.05, 0) is 48.9 Å². The summed E-state index contributed by atoms with van der Waals surface area (Å²) < 4.78 is 25.1. The summed E-state index contributed by atoms with van der Waals surface area (Å²) in [7, 11) is 1.55. The monoisotopic (exact) mass is 483 g/mol. The van der Waals surface area contributed by atoms with Crippen LogP contribution >= 0.6 is 0 Å². The molecule has 2 heterocycles. The Balaban J connectivity index is 1.29. The normalized spacial score (nSPS) is 21.9. The second-order valence-electron chi connectivity index (χ2n) is 8.75. The molecule has 186 valence electrons. The van der Waals surface area contributed by atoms with Gasteiger partial charge in [-0.25, -0.2) is 9.18 Å². The first-order valence-corrected chi connectivity index (χ1v) is 11.8. The number of amides is 2. The quantitative estimate of drug-likeness (QED) is 0.532. The van der Waals surface area contributed by atoms with Crippen molar-refractivity contribution in [3.63, 3.8) is 0 Å². The van der Waals surface area contributed by atoms with E-state index in [1.165, 1.54) is 4.90 Å². The number of benzene rings is 2. The number of methoxy groups -OCH3 is 1. The van der Waals surface area contributed by atoms with Gasteiger partial charge in [0.15, 0.2) is 5.78 Å². The summed E-state index contributed by atoms with van der Waals surface area (Å²) in [5.41, 5.74) is 1.95. The number of carbonyl (C=O) groups is 3. The molecule has 0 aromatic heterocycles. The van der Waals surface area contributed by atoms with E-state index in [-0.39, 0.29) is 43.5 Å². The molecule has 8 nitrogen and oxygen atoms in total. The standard InChI is InChI=1S/C26H30FN3O5/c1-34-18-8-6-17(7-9-18)24(31)10-11-25(32)29-14-19-16-30(26(33)35-19)23-5-3-2-4-21(23)20-12-13-28-15-22(20)27/h2-9,19-20,22,28H,10-16H2,1H3,(H,29,32)/t19-,20?,22?/m0/s1. The number of ketones is 1. The molecule has 0 saturated carbocycles. The lowest BCUT2D eigenvalue weighted by molar-refractivity contribution is -0.121. The number of nitrogens with zero attached hydrogens (tertiary/aromatic N) is 1. The topological polar surface area (TPSA) is 97.0 Å². The van der Waals surface area contributed by atoms with Crippen molar-refractivity contribution in [2.45, 2.75) is 37.5 Å². The molecule has 2 amide bonds. The Bertz CT molecular complexity index is 1060. The fraction of sp³-hybridized carbons (Fsp3) is 0.423. The number of piperidine rings is 1. The number of para-hydroxylation sites is 1. The van der Waals surface area contributed by atoms with Crippen molar-refractivity contribution in [1.82, 2.24) is 10.6 Å². The number of cyclic esters (lactones) is 1. The SMILES string of the molecule is COc1ccc(C(=O)CCC(=O)NC[C@H]2CN(c3ccccc3C3CCNCC3F)C(=O)O2)cc1. The van der Waals surface area contributed by atoms with Gasteiger partial charge < -0.3 is 20.1 Å². The van der Waals surface area contributed by atoms with E-state index in [0.29, 0.717) is 30.0 Å². The second kappa shape index (κ2) is 11.3. The molecule has 0 radical (unpaired) electrons. The highest BCUT2D eigenvalue weighted by atomic mass is 19.1. The van der Waals surface area contributed by atoms with Crippen LogP contribution in [0.25, 0.3) is 0 Å². The van der Waals surface area contributed by atoms with Gasteiger partial charge >= 0.3 is 6.09 Å². The Morgan fingerprint density at radius 2 is 1.94 bits per heavy atom. The zero-order valence-electron chi connectivity index (χ0n) is 19.7. The van der Waals surface area contributed by atoms with Crippen LogP contribution in [-0.2, 0) is 9.53 Å². The van der Waals surface area contributed by atoms with Crippen LogP contribution in [0.4, 0.5) is 14.9 Å². The summed E-state index contributed by atoms with van der Waals surface area (Å²) in [5.74, 6) is -0.0664. The maximum atomic E-state index is 14.6. The third-order valence-corrected chi connectivity index (χ3v) is 6.43. The molecule has 2 fully saturated rings. The first-order chi connectivity index (χ1) is 17.0. The Hall–Kier alpha value is -3.46. The van der Waals surface area contributed by atoms with Crippen LogP contribution in [0, 0.1) is 0 Å². The van der Waals surface area contributed by atoms with E-state index in [2.05, 4.69) is 10.6 Å². The summed E-state index contributed by atoms with van der Waals surface area (Å²) >= 11 is 0. The van der Waals surface area contributed by atoms with Gasteiger partial charge in [0.25, 0.3) is 0 Å². The second-order valence-corrected chi connectivity index (χ2v) is 8.75. The third kappa shape index (κ3) is 5.97. The number of hydrogen-bond acceptors (Lipinski definition) is 6. The summed E-state index contributed by atoms with van der Waals surface area (Å²) in [6, 6.07) is 14.1. The minimum Gasteiger partial charge on any atom is -0.497 e. The lowest BCUT2D eigenvalue weighted by Gasteiger charge is -2.30. The molecule has 0 bridgehead atoms. The maximum Gasteiger partial charge on any atom is 0.414 e. The minimum absolute atomic E-state index is 0.0334. The zero-order valence-corrected chi connectivity index (χ0v) is 19.7. The highest BCUT2D eigenvalue weighted by Crippen LogP contribution is 2.36. The van der Waals surface area contributed by atoms with Crippen LogP contribution < -0.4 is 20.3 Å². The lowest BCUT2D eigenvalue weighted by atomic mass is 9.87. The lowest BCUT2D eigenvalue weighted by Crippen LogP contribution is -2.38. The van der Waals surface area contributed by atoms with E-state index >= 15 is 0 Å². The average molecular weight is 484 g/mol. The number of anilines is 1. The molecule has 9 heteroatoms. The van der Waals surface area contributed by atoms with Crippen molar-refractivity contribution < 1.29 is 28.2 Å². The van der Waals surface area contributed by atoms with Crippen LogP contribution in [0.5, 0.6) is 5.75 Å². The summed E-state index contributed by atoms with van der Waals surface area (Å²) in [6.07, 6.45) is -1.33. The number of nitrogens with one attached hydrogen (secondary N) is 2. The van der Waals surface area contributed by atoms with Crippen LogP contribution in [0.15, 0.2) is 48.5 Å². The number of ether oxygens (including phenoxy) is 2. The van der Waals surface area contributed by atoms with Crippen molar-refractivity contribution >= 4 is 23.5 Å². The Kier molecular flexibility index (Phi) is 7.97. The molecule has 3 atom stereocenters. The van der Waals surface area contributed by atoms with Gasteiger partial charge in [0.2, 0.25) is 5.91 Å². The van der Waals surface area contributed by atoms with Crippen molar-refractivity contribution in [2.75, 3.05) is 38.2 Å². The first-order valence-electron chi connectivity index (χ1n) is 11.8. The predicted molar refractivity (Wildman–Crippen MR) is 129 cm³/mol. The van der Waals surface area contributed by atoms with E-state index in [0.717, 1.165) is 12.1 Å². The van der Waals surface area contributed by atoms with Crippen molar-refractivity contribution in [2.24, 2.45) is 0 Å². The van der Waals surface area contributed by atoms with Gasteiger partial charge in [0.1, 0.15) is 18.0 Å². The molecule has 0 spiro atoms. The number of hydrogen-bond donors (Lipinski definition) is 2. The van der Waals surface area contributed by atoms with Crippen LogP contribution in [-0.4, -0.2) is 63.3 Å². The highest BCUT2D eigenvalue weighted by molar-refractivity contribution is 5.98. The van der Waals surface area contributed by atoms with Crippen molar-refractivity contribution in [1.29, 1.82) is 0 Å². The fourth-order valence-corrected chi connectivity index (χ4v) is 4.51. The summed E-state index contributed by atoms with van der Waals surface area (Å²) in [5, 5.41) is 5.79. The molecule has 4 rings (SSSR count). The number of Topliss-reactive ketones (excluding diaryl/α,β-unsaturated/α-hetero) is 1. The smallest absolute Gasteiger partial charge is 0.414 e. The molecule has 2 aromatic carbocycles. The highest BCUT2D eigenvalue weighted by Gasteiger charge is 2.36. The summed E-state index contributed by atoms with van der Waals surface area (Å²) in [4.78, 5) is 38.7.